The van der Waals surface area contributed by atoms with E-state index >= 15 is 0 Å². The van der Waals surface area contributed by atoms with Crippen LogP contribution in [0.3, 0.4) is 0 Å². The second kappa shape index (κ2) is 10.9. The number of amides is 2. The molecule has 0 bridgehead atoms. The van der Waals surface area contributed by atoms with Crippen molar-refractivity contribution in [2.24, 2.45) is 4.99 Å². The van der Waals surface area contributed by atoms with Gasteiger partial charge in [0.1, 0.15) is 0 Å². The fraction of sp³-hybridized carbons (Fsp3) is 0.400. The molecule has 0 aliphatic carbocycles. The van der Waals surface area contributed by atoms with Gasteiger partial charge in [-0.05, 0) is 87.5 Å². The summed E-state index contributed by atoms with van der Waals surface area (Å²) in [5.74, 6) is -0.473. The van der Waals surface area contributed by atoms with Gasteiger partial charge >= 0.3 is 0 Å². The van der Waals surface area contributed by atoms with E-state index < -0.39 is 0 Å². The number of rotatable bonds is 10. The van der Waals surface area contributed by atoms with E-state index in [-0.39, 0.29) is 23.4 Å². The van der Waals surface area contributed by atoms with Gasteiger partial charge in [0.2, 0.25) is 0 Å². The number of aromatic amines is 1. The van der Waals surface area contributed by atoms with E-state index in [4.69, 9.17) is 4.99 Å². The molecule has 2 amide bonds. The smallest absolute Gasteiger partial charge is 0.261 e. The lowest BCUT2D eigenvalue weighted by Crippen LogP contribution is -2.31. The summed E-state index contributed by atoms with van der Waals surface area (Å²) in [4.78, 5) is 51.9. The average Bonchev–Trinajstić information content (AvgIpc) is 3.71. The minimum atomic E-state index is -0.245. The Morgan fingerprint density at radius 3 is 2.59 bits per heavy atom. The monoisotopic (exact) mass is 543 g/mol. The Kier molecular flexibility index (Phi) is 7.18. The fourth-order valence-corrected chi connectivity index (χ4v) is 6.71. The van der Waals surface area contributed by atoms with Crippen molar-refractivity contribution in [3.63, 3.8) is 0 Å². The minimum Gasteiger partial charge on any atom is -0.381 e. The maximum atomic E-state index is 13.2. The molecule has 9 heteroatoms. The first-order valence-corrected chi connectivity index (χ1v) is 14.7. The van der Waals surface area contributed by atoms with Crippen molar-refractivity contribution in [3.05, 3.63) is 79.4 Å². The highest BCUT2D eigenvalue weighted by Gasteiger charge is 2.37. The summed E-state index contributed by atoms with van der Waals surface area (Å²) < 4.78 is 0. The van der Waals surface area contributed by atoms with Crippen LogP contribution in [0.4, 0.5) is 11.4 Å². The molecule has 0 saturated carbocycles. The molecular weight excluding hydrogens is 510 g/mol. The average molecular weight is 544 g/mol. The third-order valence-corrected chi connectivity index (χ3v) is 8.73. The molecule has 0 spiro atoms. The van der Waals surface area contributed by atoms with Gasteiger partial charge in [0.15, 0.2) is 0 Å². The maximum Gasteiger partial charge on any atom is 0.261 e. The summed E-state index contributed by atoms with van der Waals surface area (Å²) in [6.45, 7) is 5.87. The topological polar surface area (TPSA) is 97.9 Å². The quantitative estimate of drug-likeness (QED) is 0.287. The van der Waals surface area contributed by atoms with E-state index in [9.17, 15) is 14.4 Å². The standard InChI is InChI=1S/C30H33N5O3S/c1-19(15-21-7-6-14-39-21)32-24-8-9-31-28(36)27(24)26-17-20-16-22-23(18-25(20)33-26)30(38)35(29(22)37)13-5-4-12-34-10-2-3-11-34/h6-9,14,16,18-19H,2-5,10-13,15,17H2,1H3,(H2,31,32,36)/t19-/m0/s1. The Hall–Kier alpha value is -3.56. The zero-order valence-electron chi connectivity index (χ0n) is 22.2. The molecule has 3 aliphatic rings. The van der Waals surface area contributed by atoms with Gasteiger partial charge in [-0.15, -0.1) is 11.3 Å². The maximum absolute atomic E-state index is 13.2. The number of fused-ring (bicyclic) bond motifs is 2. The summed E-state index contributed by atoms with van der Waals surface area (Å²) in [5, 5.41) is 5.55. The normalized spacial score (nSPS) is 17.5. The van der Waals surface area contributed by atoms with Gasteiger partial charge in [0.25, 0.3) is 17.4 Å². The molecule has 1 atom stereocenters. The van der Waals surface area contributed by atoms with Gasteiger partial charge in [-0.3, -0.25) is 24.3 Å². The number of unbranched alkanes of at least 4 members (excludes halogenated alkanes) is 1. The molecule has 39 heavy (non-hydrogen) atoms. The Labute approximate surface area is 231 Å². The summed E-state index contributed by atoms with van der Waals surface area (Å²) in [7, 11) is 0. The number of imide groups is 1. The van der Waals surface area contributed by atoms with Gasteiger partial charge in [0.05, 0.1) is 33.8 Å². The predicted molar refractivity (Wildman–Crippen MR) is 155 cm³/mol. The highest BCUT2D eigenvalue weighted by molar-refractivity contribution is 7.09. The van der Waals surface area contributed by atoms with Gasteiger partial charge < -0.3 is 15.2 Å². The van der Waals surface area contributed by atoms with Crippen molar-refractivity contribution < 1.29 is 9.59 Å². The molecule has 1 fully saturated rings. The minimum absolute atomic E-state index is 0.119. The fourth-order valence-electron chi connectivity index (χ4n) is 5.87. The molecule has 1 saturated heterocycles. The van der Waals surface area contributed by atoms with Crippen LogP contribution in [-0.4, -0.2) is 64.5 Å². The zero-order valence-corrected chi connectivity index (χ0v) is 23.0. The third kappa shape index (κ3) is 5.21. The lowest BCUT2D eigenvalue weighted by molar-refractivity contribution is 0.0650. The number of anilines is 1. The molecule has 3 aromatic rings. The molecule has 3 aliphatic heterocycles. The molecule has 1 aromatic carbocycles. The summed E-state index contributed by atoms with van der Waals surface area (Å²) >= 11 is 1.72. The number of hydrogen-bond acceptors (Lipinski definition) is 7. The van der Waals surface area contributed by atoms with Crippen molar-refractivity contribution >= 4 is 40.2 Å². The van der Waals surface area contributed by atoms with Crippen LogP contribution in [0.15, 0.2) is 51.7 Å². The van der Waals surface area contributed by atoms with Crippen molar-refractivity contribution in [3.8, 4) is 0 Å². The number of carbonyl (C=O) groups is 2. The molecule has 2 N–H and O–H groups in total. The van der Waals surface area contributed by atoms with E-state index in [0.29, 0.717) is 41.1 Å². The second-order valence-electron chi connectivity index (χ2n) is 10.7. The van der Waals surface area contributed by atoms with Gasteiger partial charge in [-0.25, -0.2) is 0 Å². The lowest BCUT2D eigenvalue weighted by atomic mass is 10.00. The number of benzene rings is 1. The molecule has 8 nitrogen and oxygen atoms in total. The zero-order chi connectivity index (χ0) is 26.9. The van der Waals surface area contributed by atoms with Crippen LogP contribution < -0.4 is 10.9 Å². The predicted octanol–water partition coefficient (Wildman–Crippen LogP) is 4.63. The summed E-state index contributed by atoms with van der Waals surface area (Å²) in [6, 6.07) is 9.66. The van der Waals surface area contributed by atoms with Crippen molar-refractivity contribution in [2.45, 2.75) is 51.5 Å². The van der Waals surface area contributed by atoms with Crippen molar-refractivity contribution in [2.75, 3.05) is 31.5 Å². The van der Waals surface area contributed by atoms with Gasteiger partial charge in [0, 0.05) is 36.5 Å². The number of nitrogens with one attached hydrogen (secondary N) is 2. The van der Waals surface area contributed by atoms with E-state index in [1.807, 2.05) is 12.1 Å². The first-order valence-electron chi connectivity index (χ1n) is 13.8. The van der Waals surface area contributed by atoms with Crippen molar-refractivity contribution in [1.29, 1.82) is 0 Å². The van der Waals surface area contributed by atoms with Crippen LogP contribution >= 0.6 is 11.3 Å². The van der Waals surface area contributed by atoms with Gasteiger partial charge in [-0.2, -0.15) is 0 Å². The number of likely N-dealkylation sites (tertiary alicyclic amines) is 1. The number of nitrogens with zero attached hydrogens (tertiary/aromatic N) is 3. The second-order valence-corrected chi connectivity index (χ2v) is 11.7. The molecule has 5 heterocycles. The lowest BCUT2D eigenvalue weighted by Gasteiger charge is -2.17. The van der Waals surface area contributed by atoms with Crippen LogP contribution in [0.5, 0.6) is 0 Å². The van der Waals surface area contributed by atoms with Gasteiger partial charge in [-0.1, -0.05) is 6.07 Å². The SMILES string of the molecule is C[C@@H](Cc1cccs1)Nc1cc[nH]c(=O)c1C1=Nc2cc3c(cc2C1)C(=O)N(CCCCN1CCCC1)C3=O. The largest absolute Gasteiger partial charge is 0.381 e. The highest BCUT2D eigenvalue weighted by Crippen LogP contribution is 2.36. The Balaban J connectivity index is 1.17. The van der Waals surface area contributed by atoms with Crippen LogP contribution in [0.1, 0.15) is 69.3 Å². The summed E-state index contributed by atoms with van der Waals surface area (Å²) in [5.41, 5.74) is 4.03. The first-order chi connectivity index (χ1) is 19.0. The van der Waals surface area contributed by atoms with Crippen LogP contribution in [-0.2, 0) is 12.8 Å². The number of aliphatic imine (C=N–C) groups is 1. The molecule has 0 unspecified atom stereocenters. The van der Waals surface area contributed by atoms with Crippen LogP contribution in [0, 0.1) is 0 Å². The molecule has 6 rings (SSSR count). The first kappa shape index (κ1) is 25.7. The Bertz CT molecular complexity index is 1490. The number of aromatic nitrogens is 1. The number of pyridine rings is 1. The van der Waals surface area contributed by atoms with E-state index in [0.717, 1.165) is 50.1 Å². The van der Waals surface area contributed by atoms with Crippen LogP contribution in [0.25, 0.3) is 0 Å². The van der Waals surface area contributed by atoms with E-state index in [1.54, 1.807) is 29.7 Å². The number of carbonyl (C=O) groups excluding carboxylic acids is 2. The Morgan fingerprint density at radius 2 is 1.82 bits per heavy atom. The number of H-pyrrole nitrogens is 1. The van der Waals surface area contributed by atoms with Crippen molar-refractivity contribution in [1.82, 2.24) is 14.8 Å². The number of hydrogen-bond donors (Lipinski definition) is 2. The van der Waals surface area contributed by atoms with E-state index in [1.165, 1.54) is 22.6 Å². The molecule has 2 aromatic heterocycles. The molecular formula is C30H33N5O3S. The van der Waals surface area contributed by atoms with Crippen LogP contribution in [0.2, 0.25) is 0 Å². The molecule has 202 valence electrons. The third-order valence-electron chi connectivity index (χ3n) is 7.83. The number of thiophene rings is 1. The highest BCUT2D eigenvalue weighted by atomic mass is 32.1. The molecule has 0 radical (unpaired) electrons. The Morgan fingerprint density at radius 1 is 1.05 bits per heavy atom. The van der Waals surface area contributed by atoms with E-state index in [2.05, 4.69) is 33.6 Å². The summed E-state index contributed by atoms with van der Waals surface area (Å²) in [6.07, 6.45) is 7.23.